The highest BCUT2D eigenvalue weighted by atomic mass is 35.5. The number of anilines is 1. The summed E-state index contributed by atoms with van der Waals surface area (Å²) in [5, 5.41) is 4.48. The van der Waals surface area contributed by atoms with Crippen LogP contribution < -0.4 is 10.2 Å². The molecule has 3 atom stereocenters. The van der Waals surface area contributed by atoms with Crippen molar-refractivity contribution < 1.29 is 14.3 Å². The van der Waals surface area contributed by atoms with E-state index < -0.39 is 0 Å². The van der Waals surface area contributed by atoms with Crippen LogP contribution in [-0.4, -0.2) is 47.6 Å². The zero-order chi connectivity index (χ0) is 19.3. The van der Waals surface area contributed by atoms with Crippen molar-refractivity contribution in [1.82, 2.24) is 15.3 Å². The van der Waals surface area contributed by atoms with Crippen LogP contribution in [-0.2, 0) is 4.74 Å². The number of aryl methyl sites for hydroxylation is 1. The van der Waals surface area contributed by atoms with Gasteiger partial charge in [0.2, 0.25) is 0 Å². The van der Waals surface area contributed by atoms with Crippen LogP contribution in [0.15, 0.2) is 6.20 Å². The molecule has 0 aromatic carbocycles. The number of fused-ring (bicyclic) bond motifs is 1. The second-order valence-electron chi connectivity index (χ2n) is 6.71. The Labute approximate surface area is 170 Å². The Morgan fingerprint density at radius 3 is 2.67 bits per heavy atom. The molecule has 3 heterocycles. The molecular weight excluding hydrogens is 411 g/mol. The standard InChI is InChI=1S/C17H18Cl2N4O3S/c1-3-26-16(25)10-4-20-17(27-10)23-5-8-9(6-23)13(8)22-15(24)14-12(19)11(18)7(2)21-14/h4,8-9,13,21H,3,5-6H2,1-2H3,(H,22,24)/t8-,9+,13+. The number of ether oxygens (including phenoxy) is 1. The van der Waals surface area contributed by atoms with Crippen LogP contribution in [0.25, 0.3) is 0 Å². The quantitative estimate of drug-likeness (QED) is 0.714. The van der Waals surface area contributed by atoms with E-state index in [9.17, 15) is 9.59 Å². The van der Waals surface area contributed by atoms with Crippen LogP contribution in [0.1, 0.15) is 32.8 Å². The third-order valence-electron chi connectivity index (χ3n) is 5.01. The van der Waals surface area contributed by atoms with E-state index in [1.807, 2.05) is 0 Å². The minimum Gasteiger partial charge on any atom is -0.462 e. The van der Waals surface area contributed by atoms with Gasteiger partial charge in [-0.1, -0.05) is 34.5 Å². The number of nitrogens with one attached hydrogen (secondary N) is 2. The van der Waals surface area contributed by atoms with E-state index in [2.05, 4.69) is 20.2 Å². The van der Waals surface area contributed by atoms with Gasteiger partial charge in [0.25, 0.3) is 5.91 Å². The van der Waals surface area contributed by atoms with Crippen molar-refractivity contribution in [2.24, 2.45) is 11.8 Å². The van der Waals surface area contributed by atoms with Gasteiger partial charge in [0.1, 0.15) is 10.6 Å². The molecule has 0 bridgehead atoms. The number of carbonyl (C=O) groups is 2. The van der Waals surface area contributed by atoms with Gasteiger partial charge in [0, 0.05) is 36.7 Å². The molecule has 1 amide bonds. The fourth-order valence-electron chi connectivity index (χ4n) is 3.56. The second kappa shape index (κ2) is 7.00. The first kappa shape index (κ1) is 18.6. The van der Waals surface area contributed by atoms with Crippen molar-refractivity contribution in [3.05, 3.63) is 32.5 Å². The number of aromatic amines is 1. The molecule has 0 spiro atoms. The number of carbonyl (C=O) groups excluding carboxylic acids is 2. The molecule has 2 aliphatic rings. The Morgan fingerprint density at radius 2 is 2.07 bits per heavy atom. The minimum atomic E-state index is -0.340. The van der Waals surface area contributed by atoms with Crippen molar-refractivity contribution in [3.8, 4) is 0 Å². The molecular formula is C17H18Cl2N4O3S. The number of nitrogens with zero attached hydrogens (tertiary/aromatic N) is 2. The summed E-state index contributed by atoms with van der Waals surface area (Å²) in [6.07, 6.45) is 1.56. The molecule has 1 aliphatic carbocycles. The number of esters is 1. The van der Waals surface area contributed by atoms with Gasteiger partial charge >= 0.3 is 5.97 Å². The summed E-state index contributed by atoms with van der Waals surface area (Å²) < 4.78 is 5.00. The average Bonchev–Trinajstić information content (AvgIpc) is 3.09. The van der Waals surface area contributed by atoms with Gasteiger partial charge < -0.3 is 19.9 Å². The van der Waals surface area contributed by atoms with Crippen molar-refractivity contribution in [3.63, 3.8) is 0 Å². The molecule has 2 aromatic heterocycles. The summed E-state index contributed by atoms with van der Waals surface area (Å²) in [5.41, 5.74) is 0.982. The van der Waals surface area contributed by atoms with E-state index in [1.54, 1.807) is 20.0 Å². The molecule has 7 nitrogen and oxygen atoms in total. The normalized spacial score (nSPS) is 23.3. The first-order chi connectivity index (χ1) is 12.9. The van der Waals surface area contributed by atoms with E-state index in [-0.39, 0.29) is 22.9 Å². The van der Waals surface area contributed by atoms with Crippen LogP contribution in [0.4, 0.5) is 5.13 Å². The summed E-state index contributed by atoms with van der Waals surface area (Å²) in [7, 11) is 0. The maximum absolute atomic E-state index is 12.4. The maximum Gasteiger partial charge on any atom is 0.350 e. The number of rotatable bonds is 5. The number of amides is 1. The Hall–Kier alpha value is -1.77. The van der Waals surface area contributed by atoms with Gasteiger partial charge in [-0.15, -0.1) is 0 Å². The molecule has 144 valence electrons. The lowest BCUT2D eigenvalue weighted by molar-refractivity contribution is 0.0531. The van der Waals surface area contributed by atoms with E-state index in [1.165, 1.54) is 11.3 Å². The lowest BCUT2D eigenvalue weighted by Crippen LogP contribution is -2.34. The summed E-state index contributed by atoms with van der Waals surface area (Å²) in [6.45, 7) is 5.48. The van der Waals surface area contributed by atoms with Crippen molar-refractivity contribution in [2.45, 2.75) is 19.9 Å². The third kappa shape index (κ3) is 3.30. The average molecular weight is 429 g/mol. The van der Waals surface area contributed by atoms with Gasteiger partial charge in [-0.3, -0.25) is 4.79 Å². The molecule has 2 aromatic rings. The molecule has 27 heavy (non-hydrogen) atoms. The summed E-state index contributed by atoms with van der Waals surface area (Å²) >= 11 is 13.5. The molecule has 0 radical (unpaired) electrons. The largest absolute Gasteiger partial charge is 0.462 e. The molecule has 2 fully saturated rings. The van der Waals surface area contributed by atoms with Crippen molar-refractivity contribution in [2.75, 3.05) is 24.6 Å². The molecule has 0 unspecified atom stereocenters. The Morgan fingerprint density at radius 1 is 1.37 bits per heavy atom. The summed E-state index contributed by atoms with van der Waals surface area (Å²) in [6, 6.07) is 0.122. The Kier molecular flexibility index (Phi) is 4.82. The molecule has 1 saturated heterocycles. The predicted molar refractivity (Wildman–Crippen MR) is 104 cm³/mol. The van der Waals surface area contributed by atoms with Gasteiger partial charge in [0.15, 0.2) is 5.13 Å². The minimum absolute atomic E-state index is 0.122. The van der Waals surface area contributed by atoms with Gasteiger partial charge in [0.05, 0.1) is 22.8 Å². The lowest BCUT2D eigenvalue weighted by Gasteiger charge is -2.19. The van der Waals surface area contributed by atoms with E-state index in [0.29, 0.717) is 39.7 Å². The molecule has 4 rings (SSSR count). The topological polar surface area (TPSA) is 87.3 Å². The van der Waals surface area contributed by atoms with Crippen LogP contribution in [0.3, 0.4) is 0 Å². The predicted octanol–water partition coefficient (Wildman–Crippen LogP) is 3.13. The van der Waals surface area contributed by atoms with E-state index in [0.717, 1.165) is 18.2 Å². The highest BCUT2D eigenvalue weighted by Crippen LogP contribution is 2.47. The highest BCUT2D eigenvalue weighted by Gasteiger charge is 2.57. The summed E-state index contributed by atoms with van der Waals surface area (Å²) in [5.74, 6) is 0.163. The van der Waals surface area contributed by atoms with Gasteiger partial charge in [-0.2, -0.15) is 0 Å². The zero-order valence-corrected chi connectivity index (χ0v) is 17.0. The van der Waals surface area contributed by atoms with Crippen molar-refractivity contribution in [1.29, 1.82) is 0 Å². The summed E-state index contributed by atoms with van der Waals surface area (Å²) in [4.78, 5) is 34.1. The molecule has 2 N–H and O–H groups in total. The molecule has 1 saturated carbocycles. The lowest BCUT2D eigenvalue weighted by atomic mass is 10.3. The first-order valence-corrected chi connectivity index (χ1v) is 10.2. The smallest absolute Gasteiger partial charge is 0.350 e. The maximum atomic E-state index is 12.4. The second-order valence-corrected chi connectivity index (χ2v) is 8.48. The number of H-pyrrole nitrogens is 1. The zero-order valence-electron chi connectivity index (χ0n) is 14.7. The van der Waals surface area contributed by atoms with Gasteiger partial charge in [-0.25, -0.2) is 9.78 Å². The number of hydrogen-bond donors (Lipinski definition) is 2. The Bertz CT molecular complexity index is 900. The van der Waals surface area contributed by atoms with Crippen LogP contribution in [0.2, 0.25) is 10.0 Å². The fourth-order valence-corrected chi connectivity index (χ4v) is 4.80. The SMILES string of the molecule is CCOC(=O)c1cnc(N2C[C@@H]3[C@H](C2)[C@H]3NC(=O)c2[nH]c(C)c(Cl)c2Cl)s1. The fraction of sp³-hybridized carbons (Fsp3) is 0.471. The van der Waals surface area contributed by atoms with E-state index in [4.69, 9.17) is 27.9 Å². The first-order valence-electron chi connectivity index (χ1n) is 8.63. The monoisotopic (exact) mass is 428 g/mol. The number of halogens is 2. The third-order valence-corrected chi connectivity index (χ3v) is 7.00. The highest BCUT2D eigenvalue weighted by molar-refractivity contribution is 7.17. The number of aromatic nitrogens is 2. The Balaban J connectivity index is 1.34. The molecule has 10 heteroatoms. The van der Waals surface area contributed by atoms with Crippen LogP contribution >= 0.6 is 34.5 Å². The molecule has 1 aliphatic heterocycles. The van der Waals surface area contributed by atoms with Crippen LogP contribution in [0.5, 0.6) is 0 Å². The number of thiazole rings is 1. The number of hydrogen-bond acceptors (Lipinski definition) is 6. The number of piperidine rings is 1. The van der Waals surface area contributed by atoms with E-state index >= 15 is 0 Å². The van der Waals surface area contributed by atoms with Crippen LogP contribution in [0, 0.1) is 18.8 Å². The van der Waals surface area contributed by atoms with Gasteiger partial charge in [-0.05, 0) is 13.8 Å². The van der Waals surface area contributed by atoms with Crippen molar-refractivity contribution >= 4 is 51.5 Å².